The first-order valence-corrected chi connectivity index (χ1v) is 7.97. The Bertz CT molecular complexity index is 600. The van der Waals surface area contributed by atoms with Crippen molar-refractivity contribution >= 4 is 17.5 Å². The zero-order chi connectivity index (χ0) is 15.7. The van der Waals surface area contributed by atoms with Crippen molar-refractivity contribution in [2.45, 2.75) is 32.2 Å². The molecule has 0 aromatic heterocycles. The van der Waals surface area contributed by atoms with Gasteiger partial charge in [0.2, 0.25) is 5.91 Å². The molecule has 5 nitrogen and oxygen atoms in total. The Morgan fingerprint density at radius 3 is 2.82 bits per heavy atom. The summed E-state index contributed by atoms with van der Waals surface area (Å²) in [6.45, 7) is 3.90. The summed E-state index contributed by atoms with van der Waals surface area (Å²) in [6.07, 6.45) is 2.99. The Morgan fingerprint density at radius 1 is 1.27 bits per heavy atom. The molecule has 2 aliphatic rings. The predicted octanol–water partition coefficient (Wildman–Crippen LogP) is 1.42. The number of benzene rings is 1. The van der Waals surface area contributed by atoms with Crippen LogP contribution in [-0.2, 0) is 11.2 Å². The highest BCUT2D eigenvalue weighted by atomic mass is 16.2. The molecule has 0 radical (unpaired) electrons. The van der Waals surface area contributed by atoms with Gasteiger partial charge in [0, 0.05) is 43.9 Å². The molecule has 2 amide bonds. The van der Waals surface area contributed by atoms with E-state index in [1.54, 1.807) is 11.8 Å². The van der Waals surface area contributed by atoms with Gasteiger partial charge in [0.1, 0.15) is 0 Å². The van der Waals surface area contributed by atoms with Gasteiger partial charge in [-0.25, -0.2) is 0 Å². The molecule has 0 bridgehead atoms. The number of anilines is 1. The highest BCUT2D eigenvalue weighted by Crippen LogP contribution is 2.29. The van der Waals surface area contributed by atoms with E-state index in [1.165, 1.54) is 0 Å². The molecule has 1 N–H and O–H groups in total. The molecule has 0 unspecified atom stereocenters. The van der Waals surface area contributed by atoms with Crippen molar-refractivity contribution in [2.75, 3.05) is 31.6 Å². The summed E-state index contributed by atoms with van der Waals surface area (Å²) in [5.74, 6) is 0.162. The highest BCUT2D eigenvalue weighted by molar-refractivity contribution is 5.98. The number of nitrogens with zero attached hydrogens (tertiary/aromatic N) is 2. The van der Waals surface area contributed by atoms with Crippen LogP contribution in [-0.4, -0.2) is 49.4 Å². The fourth-order valence-corrected chi connectivity index (χ4v) is 3.44. The molecule has 1 aromatic rings. The second-order valence-corrected chi connectivity index (χ2v) is 6.14. The van der Waals surface area contributed by atoms with Gasteiger partial charge in [0.15, 0.2) is 0 Å². The lowest BCUT2D eigenvalue weighted by Gasteiger charge is -2.32. The fraction of sp³-hybridized carbons (Fsp3) is 0.529. The minimum absolute atomic E-state index is 0.0609. The SMILES string of the molecule is CN[C@H]1CCCN(C(=O)c2ccc3c(c2)CCN3C(C)=O)C1. The number of piperidine rings is 1. The average Bonchev–Trinajstić information content (AvgIpc) is 2.97. The standard InChI is InChI=1S/C17H23N3O2/c1-12(21)20-9-7-13-10-14(5-6-16(13)20)17(22)19-8-3-4-15(11-19)18-2/h5-6,10,15,18H,3-4,7-9,11H2,1-2H3/t15-/m0/s1. The van der Waals surface area contributed by atoms with Crippen LogP contribution in [0.4, 0.5) is 5.69 Å². The van der Waals surface area contributed by atoms with Gasteiger partial charge in [0.05, 0.1) is 0 Å². The van der Waals surface area contributed by atoms with E-state index < -0.39 is 0 Å². The van der Waals surface area contributed by atoms with Gasteiger partial charge in [-0.3, -0.25) is 9.59 Å². The van der Waals surface area contributed by atoms with Gasteiger partial charge in [-0.15, -0.1) is 0 Å². The highest BCUT2D eigenvalue weighted by Gasteiger charge is 2.26. The lowest BCUT2D eigenvalue weighted by Crippen LogP contribution is -2.46. The molecule has 1 aromatic carbocycles. The quantitative estimate of drug-likeness (QED) is 0.899. The molecular formula is C17H23N3O2. The average molecular weight is 301 g/mol. The van der Waals surface area contributed by atoms with E-state index in [-0.39, 0.29) is 11.8 Å². The van der Waals surface area contributed by atoms with Crippen LogP contribution in [0.2, 0.25) is 0 Å². The molecule has 0 spiro atoms. The molecular weight excluding hydrogens is 278 g/mol. The van der Waals surface area contributed by atoms with E-state index in [4.69, 9.17) is 0 Å². The topological polar surface area (TPSA) is 52.7 Å². The van der Waals surface area contributed by atoms with E-state index in [1.807, 2.05) is 30.1 Å². The van der Waals surface area contributed by atoms with Crippen LogP contribution in [0.15, 0.2) is 18.2 Å². The number of likely N-dealkylation sites (tertiary alicyclic amines) is 1. The summed E-state index contributed by atoms with van der Waals surface area (Å²) in [6, 6.07) is 6.12. The summed E-state index contributed by atoms with van der Waals surface area (Å²) in [4.78, 5) is 28.0. The van der Waals surface area contributed by atoms with Crippen LogP contribution in [0.1, 0.15) is 35.7 Å². The van der Waals surface area contributed by atoms with Crippen molar-refractivity contribution < 1.29 is 9.59 Å². The van der Waals surface area contributed by atoms with Gasteiger partial charge in [-0.05, 0) is 50.1 Å². The lowest BCUT2D eigenvalue weighted by molar-refractivity contribution is -0.116. The molecule has 2 aliphatic heterocycles. The molecule has 5 heteroatoms. The van der Waals surface area contributed by atoms with Crippen molar-refractivity contribution in [3.8, 4) is 0 Å². The van der Waals surface area contributed by atoms with Crippen molar-refractivity contribution in [2.24, 2.45) is 0 Å². The maximum absolute atomic E-state index is 12.7. The largest absolute Gasteiger partial charge is 0.337 e. The number of hydrogen-bond donors (Lipinski definition) is 1. The van der Waals surface area contributed by atoms with E-state index in [9.17, 15) is 9.59 Å². The fourth-order valence-electron chi connectivity index (χ4n) is 3.44. The van der Waals surface area contributed by atoms with Crippen LogP contribution in [0.25, 0.3) is 0 Å². The molecule has 118 valence electrons. The molecule has 1 saturated heterocycles. The first-order valence-electron chi connectivity index (χ1n) is 7.97. The maximum Gasteiger partial charge on any atom is 0.253 e. The van der Waals surface area contributed by atoms with Crippen LogP contribution >= 0.6 is 0 Å². The van der Waals surface area contributed by atoms with Crippen molar-refractivity contribution in [1.29, 1.82) is 0 Å². The molecule has 3 rings (SSSR count). The van der Waals surface area contributed by atoms with Crippen molar-refractivity contribution in [1.82, 2.24) is 10.2 Å². The zero-order valence-corrected chi connectivity index (χ0v) is 13.3. The number of rotatable bonds is 2. The third kappa shape index (κ3) is 2.73. The summed E-state index contributed by atoms with van der Waals surface area (Å²) in [5.41, 5.74) is 2.79. The molecule has 1 fully saturated rings. The molecule has 1 atom stereocenters. The minimum Gasteiger partial charge on any atom is -0.337 e. The summed E-state index contributed by atoms with van der Waals surface area (Å²) >= 11 is 0. The third-order valence-electron chi connectivity index (χ3n) is 4.72. The molecule has 2 heterocycles. The van der Waals surface area contributed by atoms with Gasteiger partial charge in [-0.1, -0.05) is 0 Å². The Balaban J connectivity index is 1.78. The number of amides is 2. The number of hydrogen-bond acceptors (Lipinski definition) is 3. The smallest absolute Gasteiger partial charge is 0.253 e. The minimum atomic E-state index is 0.0609. The molecule has 0 aliphatic carbocycles. The Labute approximate surface area is 131 Å². The van der Waals surface area contributed by atoms with Gasteiger partial charge >= 0.3 is 0 Å². The van der Waals surface area contributed by atoms with Crippen molar-refractivity contribution in [3.05, 3.63) is 29.3 Å². The molecule has 0 saturated carbocycles. The monoisotopic (exact) mass is 301 g/mol. The number of nitrogens with one attached hydrogen (secondary N) is 1. The van der Waals surface area contributed by atoms with Gasteiger partial charge in [-0.2, -0.15) is 0 Å². The summed E-state index contributed by atoms with van der Waals surface area (Å²) < 4.78 is 0. The van der Waals surface area contributed by atoms with E-state index >= 15 is 0 Å². The van der Waals surface area contributed by atoms with Crippen LogP contribution < -0.4 is 10.2 Å². The third-order valence-corrected chi connectivity index (χ3v) is 4.72. The van der Waals surface area contributed by atoms with Gasteiger partial charge < -0.3 is 15.1 Å². The van der Waals surface area contributed by atoms with Crippen LogP contribution in [0.5, 0.6) is 0 Å². The van der Waals surface area contributed by atoms with Gasteiger partial charge in [0.25, 0.3) is 5.91 Å². The van der Waals surface area contributed by atoms with E-state index in [2.05, 4.69) is 5.32 Å². The second kappa shape index (κ2) is 6.08. The van der Waals surface area contributed by atoms with E-state index in [0.29, 0.717) is 12.6 Å². The normalized spacial score (nSPS) is 20.9. The lowest BCUT2D eigenvalue weighted by atomic mass is 10.0. The number of fused-ring (bicyclic) bond motifs is 1. The zero-order valence-electron chi connectivity index (χ0n) is 13.3. The second-order valence-electron chi connectivity index (χ2n) is 6.14. The predicted molar refractivity (Wildman–Crippen MR) is 86.2 cm³/mol. The number of carbonyl (C=O) groups excluding carboxylic acids is 2. The van der Waals surface area contributed by atoms with E-state index in [0.717, 1.165) is 49.2 Å². The summed E-state index contributed by atoms with van der Waals surface area (Å²) in [5, 5.41) is 3.26. The number of likely N-dealkylation sites (N-methyl/N-ethyl adjacent to an activating group) is 1. The molecule has 22 heavy (non-hydrogen) atoms. The Morgan fingerprint density at radius 2 is 2.09 bits per heavy atom. The Kier molecular flexibility index (Phi) is 4.16. The van der Waals surface area contributed by atoms with Crippen LogP contribution in [0, 0.1) is 0 Å². The Hall–Kier alpha value is -1.88. The number of carbonyl (C=O) groups is 2. The van der Waals surface area contributed by atoms with Crippen molar-refractivity contribution in [3.63, 3.8) is 0 Å². The first-order chi connectivity index (χ1) is 10.6. The first kappa shape index (κ1) is 15.0. The maximum atomic E-state index is 12.7. The van der Waals surface area contributed by atoms with Crippen LogP contribution in [0.3, 0.4) is 0 Å². The summed E-state index contributed by atoms with van der Waals surface area (Å²) in [7, 11) is 1.95.